The first-order chi connectivity index (χ1) is 14.8. The molecule has 2 aromatic rings. The maximum absolute atomic E-state index is 13.4. The molecule has 0 saturated carbocycles. The Morgan fingerprint density at radius 3 is 2.26 bits per heavy atom. The number of anilines is 1. The molecular weight excluding hydrogens is 411 g/mol. The van der Waals surface area contributed by atoms with Crippen molar-refractivity contribution in [2.75, 3.05) is 25.1 Å². The van der Waals surface area contributed by atoms with Crippen LogP contribution in [0.5, 0.6) is 5.75 Å². The fraction of sp³-hybridized carbons (Fsp3) is 0.364. The molecule has 3 saturated heterocycles. The van der Waals surface area contributed by atoms with Crippen molar-refractivity contribution in [1.82, 2.24) is 10.0 Å². The van der Waals surface area contributed by atoms with Gasteiger partial charge in [-0.3, -0.25) is 9.59 Å². The first kappa shape index (κ1) is 20.0. The van der Waals surface area contributed by atoms with Crippen LogP contribution in [0.15, 0.2) is 48.5 Å². The Morgan fingerprint density at radius 1 is 0.935 bits per heavy atom. The summed E-state index contributed by atoms with van der Waals surface area (Å²) in [6, 6.07) is 10.6. The second kappa shape index (κ2) is 7.06. The highest BCUT2D eigenvalue weighted by Crippen LogP contribution is 2.49. The van der Waals surface area contributed by atoms with Gasteiger partial charge in [-0.25, -0.2) is 14.9 Å². The number of rotatable bonds is 3. The lowest BCUT2D eigenvalue weighted by atomic mass is 9.90. The first-order valence-corrected chi connectivity index (χ1v) is 10.0. The highest BCUT2D eigenvalue weighted by Gasteiger charge is 2.62. The molecule has 3 aliphatic heterocycles. The van der Waals surface area contributed by atoms with Crippen molar-refractivity contribution in [3.63, 3.8) is 0 Å². The molecule has 3 unspecified atom stereocenters. The molecule has 0 spiro atoms. The average Bonchev–Trinajstić information content (AvgIpc) is 3.40. The van der Waals surface area contributed by atoms with Crippen molar-refractivity contribution < 1.29 is 27.5 Å². The summed E-state index contributed by atoms with van der Waals surface area (Å²) in [5, 5.41) is 3.96. The Balaban J connectivity index is 1.55. The normalized spacial score (nSPS) is 26.5. The number of alkyl halides is 3. The van der Waals surface area contributed by atoms with E-state index in [9.17, 15) is 22.8 Å². The summed E-state index contributed by atoms with van der Waals surface area (Å²) in [5.74, 6) is -0.950. The highest BCUT2D eigenvalue weighted by molar-refractivity contribution is 6.24. The number of amides is 2. The molecule has 2 aromatic carbocycles. The molecule has 9 heteroatoms. The zero-order valence-corrected chi connectivity index (χ0v) is 16.7. The fourth-order valence-corrected chi connectivity index (χ4v) is 4.99. The van der Waals surface area contributed by atoms with Gasteiger partial charge in [0.25, 0.3) is 5.91 Å². The van der Waals surface area contributed by atoms with Gasteiger partial charge in [-0.15, -0.1) is 0 Å². The van der Waals surface area contributed by atoms with Crippen molar-refractivity contribution in [2.24, 2.45) is 5.92 Å². The maximum Gasteiger partial charge on any atom is 0.416 e. The van der Waals surface area contributed by atoms with Crippen LogP contribution in [0.25, 0.3) is 0 Å². The Bertz CT molecular complexity index is 1040. The standard InChI is InChI=1S/C22H20F3N3O3/c1-31-16-8-6-13(7-9-16)18-17-19(27-11-3-10-26(18)27)21(30)28(20(17)29)15-5-2-4-14(12-15)22(23,24)25/h2,4-9,12,17-19H,3,10-11H2,1H3. The molecule has 0 aromatic heterocycles. The van der Waals surface area contributed by atoms with Gasteiger partial charge in [0.1, 0.15) is 11.8 Å². The second-order valence-electron chi connectivity index (χ2n) is 7.93. The minimum atomic E-state index is -4.56. The van der Waals surface area contributed by atoms with Crippen LogP contribution in [0.3, 0.4) is 0 Å². The summed E-state index contributed by atoms with van der Waals surface area (Å²) in [6.45, 7) is 1.34. The van der Waals surface area contributed by atoms with Crippen LogP contribution in [0, 0.1) is 5.92 Å². The zero-order valence-electron chi connectivity index (χ0n) is 16.7. The summed E-state index contributed by atoms with van der Waals surface area (Å²) < 4.78 is 44.8. The monoisotopic (exact) mass is 431 g/mol. The van der Waals surface area contributed by atoms with Crippen LogP contribution in [0.2, 0.25) is 0 Å². The number of hydrogen-bond donors (Lipinski definition) is 0. The lowest BCUT2D eigenvalue weighted by Gasteiger charge is -2.30. The number of hydrazine groups is 1. The molecule has 3 atom stereocenters. The lowest BCUT2D eigenvalue weighted by Crippen LogP contribution is -2.44. The van der Waals surface area contributed by atoms with Crippen molar-refractivity contribution in [2.45, 2.75) is 24.7 Å². The van der Waals surface area contributed by atoms with Gasteiger partial charge in [-0.1, -0.05) is 18.2 Å². The van der Waals surface area contributed by atoms with Crippen molar-refractivity contribution >= 4 is 17.5 Å². The van der Waals surface area contributed by atoms with Gasteiger partial charge in [-0.05, 0) is 42.3 Å². The Kier molecular flexibility index (Phi) is 4.56. The summed E-state index contributed by atoms with van der Waals surface area (Å²) >= 11 is 0. The SMILES string of the molecule is COc1ccc(C2C3C(=O)N(c4cccc(C(F)(F)F)c4)C(=O)C3N3CCCN23)cc1. The van der Waals surface area contributed by atoms with Crippen LogP contribution in [0.1, 0.15) is 23.6 Å². The van der Waals surface area contributed by atoms with Gasteiger partial charge >= 0.3 is 6.18 Å². The zero-order chi connectivity index (χ0) is 21.9. The number of carbonyl (C=O) groups is 2. The van der Waals surface area contributed by atoms with E-state index in [1.54, 1.807) is 19.2 Å². The van der Waals surface area contributed by atoms with Crippen LogP contribution in [0.4, 0.5) is 18.9 Å². The lowest BCUT2D eigenvalue weighted by molar-refractivity contribution is -0.137. The number of ether oxygens (including phenoxy) is 1. The van der Waals surface area contributed by atoms with Gasteiger partial charge in [0.15, 0.2) is 0 Å². The molecule has 3 fully saturated rings. The summed E-state index contributed by atoms with van der Waals surface area (Å²) in [4.78, 5) is 27.7. The van der Waals surface area contributed by atoms with Gasteiger partial charge in [0.2, 0.25) is 5.91 Å². The number of nitrogens with zero attached hydrogens (tertiary/aromatic N) is 3. The Hall–Kier alpha value is -2.91. The van der Waals surface area contributed by atoms with Crippen LogP contribution in [-0.4, -0.2) is 48.1 Å². The summed E-state index contributed by atoms with van der Waals surface area (Å²) in [7, 11) is 1.56. The molecule has 0 bridgehead atoms. The predicted molar refractivity (Wildman–Crippen MR) is 105 cm³/mol. The van der Waals surface area contributed by atoms with E-state index >= 15 is 0 Å². The van der Waals surface area contributed by atoms with Crippen LogP contribution in [-0.2, 0) is 15.8 Å². The van der Waals surface area contributed by atoms with Crippen molar-refractivity contribution in [3.05, 3.63) is 59.7 Å². The minimum Gasteiger partial charge on any atom is -0.497 e. The molecule has 31 heavy (non-hydrogen) atoms. The fourth-order valence-electron chi connectivity index (χ4n) is 4.99. The molecular formula is C22H20F3N3O3. The molecule has 162 valence electrons. The second-order valence-corrected chi connectivity index (χ2v) is 7.93. The molecule has 3 heterocycles. The first-order valence-electron chi connectivity index (χ1n) is 10.0. The van der Waals surface area contributed by atoms with Gasteiger partial charge in [-0.2, -0.15) is 13.2 Å². The molecule has 5 rings (SSSR count). The molecule has 3 aliphatic rings. The third-order valence-electron chi connectivity index (χ3n) is 6.29. The number of carbonyl (C=O) groups excluding carboxylic acids is 2. The summed E-state index contributed by atoms with van der Waals surface area (Å²) in [6.07, 6.45) is -3.71. The third-order valence-corrected chi connectivity index (χ3v) is 6.29. The van der Waals surface area contributed by atoms with E-state index in [0.29, 0.717) is 18.8 Å². The van der Waals surface area contributed by atoms with E-state index in [2.05, 4.69) is 5.01 Å². The largest absolute Gasteiger partial charge is 0.497 e. The van der Waals surface area contributed by atoms with Crippen LogP contribution >= 0.6 is 0 Å². The number of methoxy groups -OCH3 is 1. The van der Waals surface area contributed by atoms with Gasteiger partial charge in [0.05, 0.1) is 30.3 Å². The quantitative estimate of drug-likeness (QED) is 0.699. The van der Waals surface area contributed by atoms with E-state index in [4.69, 9.17) is 4.74 Å². The van der Waals surface area contributed by atoms with Crippen molar-refractivity contribution in [1.29, 1.82) is 0 Å². The van der Waals surface area contributed by atoms with Crippen LogP contribution < -0.4 is 9.64 Å². The smallest absolute Gasteiger partial charge is 0.416 e. The molecule has 2 amide bonds. The van der Waals surface area contributed by atoms with Crippen molar-refractivity contribution in [3.8, 4) is 5.75 Å². The molecule has 0 radical (unpaired) electrons. The van der Waals surface area contributed by atoms with E-state index in [1.807, 2.05) is 17.1 Å². The number of halogens is 3. The molecule has 0 aliphatic carbocycles. The number of hydrogen-bond acceptors (Lipinski definition) is 5. The van der Waals surface area contributed by atoms with E-state index in [0.717, 1.165) is 29.0 Å². The topological polar surface area (TPSA) is 53.1 Å². The van der Waals surface area contributed by atoms with Gasteiger partial charge < -0.3 is 4.74 Å². The number of fused-ring (bicyclic) bond motifs is 3. The number of benzene rings is 2. The number of imide groups is 1. The van der Waals surface area contributed by atoms with E-state index < -0.39 is 35.5 Å². The minimum absolute atomic E-state index is 0.0431. The van der Waals surface area contributed by atoms with E-state index in [-0.39, 0.29) is 11.7 Å². The highest BCUT2D eigenvalue weighted by atomic mass is 19.4. The van der Waals surface area contributed by atoms with E-state index in [1.165, 1.54) is 12.1 Å². The Morgan fingerprint density at radius 2 is 1.61 bits per heavy atom. The Labute approximate surface area is 176 Å². The predicted octanol–water partition coefficient (Wildman–Crippen LogP) is 3.25. The summed E-state index contributed by atoms with van der Waals surface area (Å²) in [5.41, 5.74) is -0.0668. The molecule has 6 nitrogen and oxygen atoms in total. The third kappa shape index (κ3) is 3.02. The average molecular weight is 431 g/mol. The van der Waals surface area contributed by atoms with Gasteiger partial charge in [0, 0.05) is 13.1 Å². The maximum atomic E-state index is 13.4. The molecule has 0 N–H and O–H groups in total.